The summed E-state index contributed by atoms with van der Waals surface area (Å²) in [7, 11) is 0. The molecule has 33 heavy (non-hydrogen) atoms. The van der Waals surface area contributed by atoms with E-state index in [-0.39, 0.29) is 17.4 Å². The second-order valence-electron chi connectivity index (χ2n) is 8.79. The average molecular weight is 482 g/mol. The van der Waals surface area contributed by atoms with Crippen molar-refractivity contribution < 1.29 is 4.39 Å². The summed E-state index contributed by atoms with van der Waals surface area (Å²) in [5.74, 6) is 1.41. The van der Waals surface area contributed by atoms with E-state index in [4.69, 9.17) is 4.98 Å². The molecule has 1 saturated carbocycles. The minimum atomic E-state index is -0.291. The van der Waals surface area contributed by atoms with Crippen LogP contribution in [0.2, 0.25) is 0 Å². The monoisotopic (exact) mass is 481 g/mol. The van der Waals surface area contributed by atoms with E-state index in [1.807, 2.05) is 6.07 Å². The summed E-state index contributed by atoms with van der Waals surface area (Å²) in [6.45, 7) is 0. The van der Waals surface area contributed by atoms with Crippen molar-refractivity contribution in [1.29, 1.82) is 0 Å². The zero-order valence-electron chi connectivity index (χ0n) is 18.1. The van der Waals surface area contributed by atoms with Gasteiger partial charge in [-0.05, 0) is 49.8 Å². The largest absolute Gasteiger partial charge is 0.309 e. The van der Waals surface area contributed by atoms with Gasteiger partial charge in [-0.25, -0.2) is 9.37 Å². The molecule has 2 aliphatic rings. The summed E-state index contributed by atoms with van der Waals surface area (Å²) in [6.07, 6.45) is 8.74. The van der Waals surface area contributed by atoms with Crippen molar-refractivity contribution in [3.63, 3.8) is 0 Å². The van der Waals surface area contributed by atoms with Gasteiger partial charge in [0, 0.05) is 10.9 Å². The number of hydrogen-bond donors (Lipinski definition) is 1. The first-order valence-corrected chi connectivity index (χ1v) is 13.4. The van der Waals surface area contributed by atoms with Crippen molar-refractivity contribution in [2.24, 2.45) is 0 Å². The molecule has 0 aliphatic heterocycles. The maximum absolute atomic E-state index is 14.6. The Labute approximate surface area is 198 Å². The number of thioether (sulfide) groups is 1. The van der Waals surface area contributed by atoms with Crippen molar-refractivity contribution >= 4 is 33.3 Å². The Kier molecular flexibility index (Phi) is 5.54. The molecule has 0 spiro atoms. The van der Waals surface area contributed by atoms with Gasteiger partial charge in [0.05, 0.1) is 16.7 Å². The van der Waals surface area contributed by atoms with Crippen LogP contribution in [0.15, 0.2) is 34.2 Å². The first-order valence-electron chi connectivity index (χ1n) is 11.5. The van der Waals surface area contributed by atoms with Gasteiger partial charge < -0.3 is 4.98 Å². The molecule has 3 aromatic heterocycles. The molecule has 3 heterocycles. The number of H-pyrrole nitrogens is 1. The van der Waals surface area contributed by atoms with Gasteiger partial charge in [0.15, 0.2) is 11.0 Å². The lowest BCUT2D eigenvalue weighted by Crippen LogP contribution is -2.16. The van der Waals surface area contributed by atoms with Crippen LogP contribution in [-0.4, -0.2) is 24.7 Å². The van der Waals surface area contributed by atoms with Gasteiger partial charge in [-0.3, -0.25) is 9.36 Å². The third kappa shape index (κ3) is 3.81. The Morgan fingerprint density at radius 2 is 1.97 bits per heavy atom. The number of halogens is 1. The highest BCUT2D eigenvalue weighted by Crippen LogP contribution is 2.37. The Bertz CT molecular complexity index is 1390. The van der Waals surface area contributed by atoms with E-state index < -0.39 is 0 Å². The van der Waals surface area contributed by atoms with Gasteiger partial charge in [0.2, 0.25) is 0 Å². The van der Waals surface area contributed by atoms with Gasteiger partial charge in [-0.15, -0.1) is 21.5 Å². The number of nitrogens with zero attached hydrogens (tertiary/aromatic N) is 4. The molecule has 4 aromatic rings. The minimum Gasteiger partial charge on any atom is -0.309 e. The molecule has 0 bridgehead atoms. The van der Waals surface area contributed by atoms with Crippen molar-refractivity contribution in [2.45, 2.75) is 68.3 Å². The minimum absolute atomic E-state index is 0.0456. The molecule has 0 amide bonds. The van der Waals surface area contributed by atoms with Crippen molar-refractivity contribution in [3.05, 3.63) is 56.7 Å². The number of hydrogen-bond acceptors (Lipinski definition) is 6. The summed E-state index contributed by atoms with van der Waals surface area (Å²) < 4.78 is 16.7. The zero-order chi connectivity index (χ0) is 22.4. The van der Waals surface area contributed by atoms with Crippen LogP contribution in [0, 0.1) is 5.82 Å². The smallest absolute Gasteiger partial charge is 0.259 e. The molecule has 1 N–H and O–H groups in total. The maximum Gasteiger partial charge on any atom is 0.259 e. The van der Waals surface area contributed by atoms with E-state index in [9.17, 15) is 9.18 Å². The van der Waals surface area contributed by atoms with E-state index in [1.54, 1.807) is 23.5 Å². The maximum atomic E-state index is 14.6. The average Bonchev–Trinajstić information content (AvgIpc) is 3.53. The Morgan fingerprint density at radius 1 is 1.12 bits per heavy atom. The highest BCUT2D eigenvalue weighted by atomic mass is 32.2. The quantitative estimate of drug-likeness (QED) is 0.372. The second kappa shape index (κ2) is 8.68. The molecule has 2 aliphatic carbocycles. The number of nitrogens with one attached hydrogen (secondary N) is 1. The van der Waals surface area contributed by atoms with Crippen molar-refractivity contribution in [2.75, 3.05) is 0 Å². The molecule has 1 aromatic carbocycles. The van der Waals surface area contributed by atoms with Gasteiger partial charge in [0.1, 0.15) is 16.5 Å². The van der Waals surface area contributed by atoms with E-state index in [2.05, 4.69) is 19.7 Å². The molecule has 6 nitrogen and oxygen atoms in total. The lowest BCUT2D eigenvalue weighted by Gasteiger charge is -2.25. The summed E-state index contributed by atoms with van der Waals surface area (Å²) in [5, 5.41) is 10.4. The first-order chi connectivity index (χ1) is 16.2. The number of fused-ring (bicyclic) bond motifs is 3. The summed E-state index contributed by atoms with van der Waals surface area (Å²) in [4.78, 5) is 22.7. The standard InChI is InChI=1S/C24H24FN5OS2/c25-17-11-5-4-9-15(17)21-28-29-24(30(21)14-7-2-1-3-8-14)32-13-19-26-22(31)20-16-10-6-12-18(16)33-23(20)27-19/h4-5,9,11,14H,1-3,6-8,10,12-13H2,(H,26,27,31). The number of thiophene rings is 1. The molecular weight excluding hydrogens is 457 g/mol. The fourth-order valence-electron chi connectivity index (χ4n) is 5.12. The van der Waals surface area contributed by atoms with Crippen molar-refractivity contribution in [1.82, 2.24) is 24.7 Å². The predicted molar refractivity (Wildman–Crippen MR) is 129 cm³/mol. The summed E-state index contributed by atoms with van der Waals surface area (Å²) in [5.41, 5.74) is 1.62. The number of aromatic nitrogens is 5. The Morgan fingerprint density at radius 3 is 2.82 bits per heavy atom. The summed E-state index contributed by atoms with van der Waals surface area (Å²) in [6, 6.07) is 6.99. The topological polar surface area (TPSA) is 76.5 Å². The first kappa shape index (κ1) is 21.0. The van der Waals surface area contributed by atoms with Crippen LogP contribution in [0.1, 0.15) is 60.8 Å². The van der Waals surface area contributed by atoms with Crippen LogP contribution in [0.4, 0.5) is 4.39 Å². The molecular formula is C24H24FN5OS2. The molecule has 1 fully saturated rings. The third-order valence-corrected chi connectivity index (χ3v) is 8.82. The molecule has 0 radical (unpaired) electrons. The molecule has 0 saturated heterocycles. The number of benzene rings is 1. The lowest BCUT2D eigenvalue weighted by atomic mass is 9.95. The van der Waals surface area contributed by atoms with E-state index in [0.717, 1.165) is 60.3 Å². The molecule has 9 heteroatoms. The molecule has 0 atom stereocenters. The molecule has 170 valence electrons. The van der Waals surface area contributed by atoms with E-state index >= 15 is 0 Å². The molecule has 0 unspecified atom stereocenters. The van der Waals surface area contributed by atoms with Gasteiger partial charge >= 0.3 is 0 Å². The van der Waals surface area contributed by atoms with Crippen LogP contribution in [0.25, 0.3) is 21.6 Å². The van der Waals surface area contributed by atoms with Crippen LogP contribution >= 0.6 is 23.1 Å². The fourth-order valence-corrected chi connectivity index (χ4v) is 7.27. The van der Waals surface area contributed by atoms with Crippen LogP contribution in [0.3, 0.4) is 0 Å². The van der Waals surface area contributed by atoms with Crippen LogP contribution in [-0.2, 0) is 18.6 Å². The van der Waals surface area contributed by atoms with Gasteiger partial charge in [-0.2, -0.15) is 0 Å². The highest BCUT2D eigenvalue weighted by molar-refractivity contribution is 7.98. The van der Waals surface area contributed by atoms with Gasteiger partial charge in [-0.1, -0.05) is 43.2 Å². The van der Waals surface area contributed by atoms with Crippen LogP contribution in [0.5, 0.6) is 0 Å². The number of rotatable bonds is 5. The predicted octanol–water partition coefficient (Wildman–Crippen LogP) is 5.67. The third-order valence-electron chi connectivity index (χ3n) is 6.68. The zero-order valence-corrected chi connectivity index (χ0v) is 19.8. The number of aryl methyl sites for hydroxylation is 2. The SMILES string of the molecule is O=c1[nH]c(CSc2nnc(-c3ccccc3F)n2C2CCCCC2)nc2sc3c(c12)CCC3. The Hall–Kier alpha value is -2.52. The highest BCUT2D eigenvalue weighted by Gasteiger charge is 2.26. The lowest BCUT2D eigenvalue weighted by molar-refractivity contribution is 0.339. The van der Waals surface area contributed by atoms with E-state index in [1.165, 1.54) is 34.7 Å². The van der Waals surface area contributed by atoms with Gasteiger partial charge in [0.25, 0.3) is 5.56 Å². The summed E-state index contributed by atoms with van der Waals surface area (Å²) >= 11 is 3.15. The second-order valence-corrected chi connectivity index (χ2v) is 10.8. The Balaban J connectivity index is 1.33. The molecule has 6 rings (SSSR count). The van der Waals surface area contributed by atoms with Crippen LogP contribution < -0.4 is 5.56 Å². The van der Waals surface area contributed by atoms with Crippen molar-refractivity contribution in [3.8, 4) is 11.4 Å². The van der Waals surface area contributed by atoms with E-state index in [0.29, 0.717) is 23.0 Å². The number of aromatic amines is 1. The normalized spacial score (nSPS) is 16.5. The fraction of sp³-hybridized carbons (Fsp3) is 0.417.